The van der Waals surface area contributed by atoms with Gasteiger partial charge < -0.3 is 20.7 Å². The van der Waals surface area contributed by atoms with E-state index in [2.05, 4.69) is 16.0 Å². The Kier molecular flexibility index (Phi) is 8.08. The van der Waals surface area contributed by atoms with Crippen molar-refractivity contribution >= 4 is 69.4 Å². The molecule has 0 bridgehead atoms. The number of thiocarbonyl (C=S) groups is 1. The van der Waals surface area contributed by atoms with Crippen LogP contribution in [0.25, 0.3) is 0 Å². The van der Waals surface area contributed by atoms with E-state index in [1.165, 1.54) is 25.3 Å². The first-order chi connectivity index (χ1) is 14.0. The molecule has 1 atom stereocenters. The predicted octanol–water partition coefficient (Wildman–Crippen LogP) is 4.32. The number of carbonyl (C=O) groups excluding carboxylic acids is 1. The summed E-state index contributed by atoms with van der Waals surface area (Å²) >= 11 is 23.1. The molecule has 1 amide bonds. The molecule has 2 aromatic carbocycles. The normalized spacial score (nSPS) is 11.9. The third-order valence-electron chi connectivity index (χ3n) is 3.79. The van der Waals surface area contributed by atoms with Gasteiger partial charge in [0.2, 0.25) is 3.79 Å². The highest BCUT2D eigenvalue weighted by atomic mass is 35.6. The number of nitro benzene ring substituents is 1. The molecule has 0 aliphatic carbocycles. The van der Waals surface area contributed by atoms with Crippen molar-refractivity contribution in [3.8, 4) is 5.75 Å². The number of alkyl halides is 3. The lowest BCUT2D eigenvalue weighted by Crippen LogP contribution is -2.56. The van der Waals surface area contributed by atoms with Crippen LogP contribution in [0.2, 0.25) is 0 Å². The van der Waals surface area contributed by atoms with Crippen molar-refractivity contribution in [1.82, 2.24) is 10.6 Å². The van der Waals surface area contributed by atoms with E-state index in [1.54, 1.807) is 18.2 Å². The van der Waals surface area contributed by atoms with Gasteiger partial charge in [-0.1, -0.05) is 52.5 Å². The minimum Gasteiger partial charge on any atom is -0.490 e. The van der Waals surface area contributed by atoms with E-state index in [4.69, 9.17) is 51.8 Å². The number of benzene rings is 2. The maximum Gasteiger partial charge on any atom is 0.312 e. The van der Waals surface area contributed by atoms with Gasteiger partial charge in [-0.2, -0.15) is 0 Å². The van der Waals surface area contributed by atoms with Crippen LogP contribution in [0.4, 0.5) is 11.4 Å². The van der Waals surface area contributed by atoms with Crippen molar-refractivity contribution in [3.05, 3.63) is 63.7 Å². The largest absolute Gasteiger partial charge is 0.490 e. The average molecular weight is 492 g/mol. The molecule has 2 aromatic rings. The van der Waals surface area contributed by atoms with E-state index in [0.717, 1.165) is 5.56 Å². The van der Waals surface area contributed by atoms with Crippen molar-refractivity contribution < 1.29 is 14.5 Å². The number of methoxy groups -OCH3 is 1. The third kappa shape index (κ3) is 6.60. The predicted molar refractivity (Wildman–Crippen MR) is 122 cm³/mol. The highest BCUT2D eigenvalue weighted by Crippen LogP contribution is 2.31. The molecule has 2 rings (SSSR count). The van der Waals surface area contributed by atoms with E-state index in [9.17, 15) is 14.9 Å². The van der Waals surface area contributed by atoms with Gasteiger partial charge in [-0.3, -0.25) is 14.9 Å². The Morgan fingerprint density at radius 3 is 2.47 bits per heavy atom. The standard InChI is InChI=1S/C18H17Cl3N4O4S/c1-10-4-3-5-11(8-10)15(26)23-16(18(19,20)21)24-17(30)22-12-6-7-14(29-2)13(9-12)25(27)28/h3-9,16H,1-2H3,(H,23,26)(H2,22,24,30). The fourth-order valence-electron chi connectivity index (χ4n) is 2.41. The molecular weight excluding hydrogens is 475 g/mol. The molecule has 0 spiro atoms. The number of nitrogens with one attached hydrogen (secondary N) is 3. The zero-order valence-corrected chi connectivity index (χ0v) is 18.8. The summed E-state index contributed by atoms with van der Waals surface area (Å²) in [6.45, 7) is 1.84. The molecule has 12 heteroatoms. The van der Waals surface area contributed by atoms with E-state index >= 15 is 0 Å². The number of hydrogen-bond donors (Lipinski definition) is 3. The van der Waals surface area contributed by atoms with Gasteiger partial charge in [0.15, 0.2) is 10.9 Å². The van der Waals surface area contributed by atoms with Gasteiger partial charge in [0.05, 0.1) is 12.0 Å². The monoisotopic (exact) mass is 490 g/mol. The molecule has 0 aliphatic heterocycles. The van der Waals surface area contributed by atoms with Crippen LogP contribution < -0.4 is 20.7 Å². The van der Waals surface area contributed by atoms with Gasteiger partial charge in [0.25, 0.3) is 5.91 Å². The molecule has 0 saturated carbocycles. The Labute approximate surface area is 193 Å². The summed E-state index contributed by atoms with van der Waals surface area (Å²) in [4.78, 5) is 23.1. The maximum atomic E-state index is 12.5. The maximum absolute atomic E-state index is 12.5. The molecule has 0 saturated heterocycles. The lowest BCUT2D eigenvalue weighted by atomic mass is 10.1. The molecule has 0 aromatic heterocycles. The number of halogens is 3. The Hall–Kier alpha value is -2.33. The van der Waals surface area contributed by atoms with Crippen molar-refractivity contribution in [2.24, 2.45) is 0 Å². The highest BCUT2D eigenvalue weighted by molar-refractivity contribution is 7.80. The lowest BCUT2D eigenvalue weighted by molar-refractivity contribution is -0.385. The third-order valence-corrected chi connectivity index (χ3v) is 4.67. The Morgan fingerprint density at radius 1 is 1.20 bits per heavy atom. The zero-order chi connectivity index (χ0) is 22.5. The lowest BCUT2D eigenvalue weighted by Gasteiger charge is -2.27. The van der Waals surface area contributed by atoms with Gasteiger partial charge in [-0.05, 0) is 43.4 Å². The highest BCUT2D eigenvalue weighted by Gasteiger charge is 2.35. The number of nitrogens with zero attached hydrogens (tertiary/aromatic N) is 1. The van der Waals surface area contributed by atoms with Crippen LogP contribution in [-0.2, 0) is 0 Å². The zero-order valence-electron chi connectivity index (χ0n) is 15.7. The first kappa shape index (κ1) is 23.9. The number of nitro groups is 1. The number of rotatable bonds is 6. The fraction of sp³-hybridized carbons (Fsp3) is 0.222. The minimum atomic E-state index is -1.95. The van der Waals surface area contributed by atoms with Gasteiger partial charge in [-0.25, -0.2) is 0 Å². The van der Waals surface area contributed by atoms with Gasteiger partial charge in [0.1, 0.15) is 6.17 Å². The van der Waals surface area contributed by atoms with Gasteiger partial charge in [-0.15, -0.1) is 0 Å². The molecule has 0 heterocycles. The van der Waals surface area contributed by atoms with Crippen LogP contribution in [-0.4, -0.2) is 33.0 Å². The molecule has 30 heavy (non-hydrogen) atoms. The number of aryl methyl sites for hydroxylation is 1. The summed E-state index contributed by atoms with van der Waals surface area (Å²) in [6, 6.07) is 11.0. The Morgan fingerprint density at radius 2 is 1.90 bits per heavy atom. The van der Waals surface area contributed by atoms with Gasteiger partial charge in [0, 0.05) is 17.3 Å². The molecule has 0 radical (unpaired) electrons. The minimum absolute atomic E-state index is 0.0321. The molecular formula is C18H17Cl3N4O4S. The molecule has 8 nitrogen and oxygen atoms in total. The van der Waals surface area contributed by atoms with Gasteiger partial charge >= 0.3 is 5.69 Å². The van der Waals surface area contributed by atoms with E-state index in [1.807, 2.05) is 13.0 Å². The second-order valence-corrected chi connectivity index (χ2v) is 8.84. The first-order valence-electron chi connectivity index (χ1n) is 8.35. The summed E-state index contributed by atoms with van der Waals surface area (Å²) in [5.41, 5.74) is 1.31. The quantitative estimate of drug-likeness (QED) is 0.182. The van der Waals surface area contributed by atoms with Crippen LogP contribution in [0, 0.1) is 17.0 Å². The van der Waals surface area contributed by atoms with Crippen LogP contribution in [0.3, 0.4) is 0 Å². The SMILES string of the molecule is COc1ccc(NC(=S)NC(NC(=O)c2cccc(C)c2)C(Cl)(Cl)Cl)cc1[N+](=O)[O-]. The van der Waals surface area contributed by atoms with Crippen molar-refractivity contribution in [3.63, 3.8) is 0 Å². The summed E-state index contributed by atoms with van der Waals surface area (Å²) in [5, 5.41) is 19.1. The van der Waals surface area contributed by atoms with Crippen molar-refractivity contribution in [1.29, 1.82) is 0 Å². The second-order valence-electron chi connectivity index (χ2n) is 6.06. The second kappa shape index (κ2) is 10.1. The molecule has 0 aliphatic rings. The van der Waals surface area contributed by atoms with E-state index in [0.29, 0.717) is 11.3 Å². The van der Waals surface area contributed by atoms with E-state index in [-0.39, 0.29) is 16.5 Å². The van der Waals surface area contributed by atoms with Crippen molar-refractivity contribution in [2.45, 2.75) is 16.9 Å². The van der Waals surface area contributed by atoms with Crippen molar-refractivity contribution in [2.75, 3.05) is 12.4 Å². The number of ether oxygens (including phenoxy) is 1. The summed E-state index contributed by atoms with van der Waals surface area (Å²) in [6.07, 6.45) is -1.19. The van der Waals surface area contributed by atoms with Crippen LogP contribution >= 0.6 is 47.0 Å². The number of anilines is 1. The smallest absolute Gasteiger partial charge is 0.312 e. The summed E-state index contributed by atoms with van der Waals surface area (Å²) in [7, 11) is 1.32. The van der Waals surface area contributed by atoms with Crippen LogP contribution in [0.5, 0.6) is 5.75 Å². The average Bonchev–Trinajstić information content (AvgIpc) is 2.66. The van der Waals surface area contributed by atoms with Crippen LogP contribution in [0.15, 0.2) is 42.5 Å². The Balaban J connectivity index is 2.13. The molecule has 0 fully saturated rings. The van der Waals surface area contributed by atoms with E-state index < -0.39 is 20.8 Å². The fourth-order valence-corrected chi connectivity index (χ4v) is 2.97. The molecule has 1 unspecified atom stereocenters. The topological polar surface area (TPSA) is 106 Å². The first-order valence-corrected chi connectivity index (χ1v) is 9.89. The Bertz CT molecular complexity index is 969. The number of hydrogen-bond acceptors (Lipinski definition) is 5. The summed E-state index contributed by atoms with van der Waals surface area (Å²) in [5.74, 6) is -0.389. The van der Waals surface area contributed by atoms with Crippen LogP contribution in [0.1, 0.15) is 15.9 Å². The number of amides is 1. The molecule has 160 valence electrons. The summed E-state index contributed by atoms with van der Waals surface area (Å²) < 4.78 is 3.00. The number of carbonyl (C=O) groups is 1. The molecule has 3 N–H and O–H groups in total.